The van der Waals surface area contributed by atoms with Crippen molar-refractivity contribution in [2.75, 3.05) is 0 Å². The van der Waals surface area contributed by atoms with Gasteiger partial charge in [-0.15, -0.1) is 5.92 Å². The normalized spacial score (nSPS) is 9.36. The Bertz CT molecular complexity index is 393. The van der Waals surface area contributed by atoms with Crippen molar-refractivity contribution in [3.63, 3.8) is 0 Å². The van der Waals surface area contributed by atoms with Crippen LogP contribution >= 0.6 is 0 Å². The molecule has 0 unspecified atom stereocenters. The minimum absolute atomic E-state index is 0.0433. The molecule has 3 heteroatoms. The Labute approximate surface area is 84.1 Å². The number of rotatable bonds is 3. The van der Waals surface area contributed by atoms with E-state index in [-0.39, 0.29) is 12.2 Å². The average molecular weight is 190 g/mol. The second-order valence-electron chi connectivity index (χ2n) is 3.01. The highest BCUT2D eigenvalue weighted by Crippen LogP contribution is 2.06. The summed E-state index contributed by atoms with van der Waals surface area (Å²) in [5, 5.41) is 4.21. The molecule has 1 heterocycles. The first kappa shape index (κ1) is 10.5. The van der Waals surface area contributed by atoms with E-state index in [0.29, 0.717) is 12.2 Å². The molecule has 0 saturated carbocycles. The number of carbonyl (C=O) groups excluding carboxylic acids is 1. The molecule has 1 aromatic heterocycles. The topological polar surface area (TPSA) is 34.9 Å². The van der Waals surface area contributed by atoms with Crippen molar-refractivity contribution in [3.05, 3.63) is 17.5 Å². The molecule has 0 amide bonds. The second kappa shape index (κ2) is 4.61. The van der Waals surface area contributed by atoms with E-state index < -0.39 is 0 Å². The van der Waals surface area contributed by atoms with E-state index in [0.717, 1.165) is 5.69 Å². The second-order valence-corrected chi connectivity index (χ2v) is 3.01. The lowest BCUT2D eigenvalue weighted by Gasteiger charge is -2.00. The first-order valence-electron chi connectivity index (χ1n) is 4.66. The fourth-order valence-corrected chi connectivity index (χ4v) is 1.27. The summed E-state index contributed by atoms with van der Waals surface area (Å²) in [6.07, 6.45) is 0.279. The fourth-order valence-electron chi connectivity index (χ4n) is 1.27. The molecule has 0 N–H and O–H groups in total. The zero-order chi connectivity index (χ0) is 10.6. The molecule has 0 aliphatic rings. The SMILES string of the molecule is CC#CCC(=O)c1cc(C)nn1CC. The molecule has 0 fully saturated rings. The minimum Gasteiger partial charge on any atom is -0.291 e. The van der Waals surface area contributed by atoms with Crippen LogP contribution in [0, 0.1) is 18.8 Å². The maximum absolute atomic E-state index is 11.6. The van der Waals surface area contributed by atoms with Crippen molar-refractivity contribution in [3.8, 4) is 11.8 Å². The van der Waals surface area contributed by atoms with E-state index in [1.165, 1.54) is 0 Å². The Morgan fingerprint density at radius 2 is 2.36 bits per heavy atom. The van der Waals surface area contributed by atoms with Gasteiger partial charge in [0.2, 0.25) is 0 Å². The van der Waals surface area contributed by atoms with Gasteiger partial charge in [-0.1, -0.05) is 5.92 Å². The first-order valence-corrected chi connectivity index (χ1v) is 4.66. The summed E-state index contributed by atoms with van der Waals surface area (Å²) in [7, 11) is 0. The zero-order valence-electron chi connectivity index (χ0n) is 8.79. The largest absolute Gasteiger partial charge is 0.291 e. The van der Waals surface area contributed by atoms with Gasteiger partial charge < -0.3 is 0 Å². The Morgan fingerprint density at radius 1 is 1.64 bits per heavy atom. The molecule has 0 saturated heterocycles. The van der Waals surface area contributed by atoms with Gasteiger partial charge in [-0.05, 0) is 26.8 Å². The molecule has 74 valence electrons. The van der Waals surface area contributed by atoms with Crippen LogP contribution in [0.25, 0.3) is 0 Å². The predicted octanol–water partition coefficient (Wildman–Crippen LogP) is 1.81. The quantitative estimate of drug-likeness (QED) is 0.538. The maximum Gasteiger partial charge on any atom is 0.192 e. The van der Waals surface area contributed by atoms with Gasteiger partial charge in [0.1, 0.15) is 5.69 Å². The Hall–Kier alpha value is -1.56. The van der Waals surface area contributed by atoms with Crippen molar-refractivity contribution in [2.45, 2.75) is 33.7 Å². The highest BCUT2D eigenvalue weighted by atomic mass is 16.1. The highest BCUT2D eigenvalue weighted by Gasteiger charge is 2.11. The van der Waals surface area contributed by atoms with Crippen molar-refractivity contribution in [2.24, 2.45) is 0 Å². The molecule has 14 heavy (non-hydrogen) atoms. The lowest BCUT2D eigenvalue weighted by atomic mass is 10.2. The smallest absolute Gasteiger partial charge is 0.192 e. The van der Waals surface area contributed by atoms with Crippen LogP contribution in [0.4, 0.5) is 0 Å². The number of hydrogen-bond acceptors (Lipinski definition) is 2. The van der Waals surface area contributed by atoms with Crippen molar-refractivity contribution in [1.82, 2.24) is 9.78 Å². The number of carbonyl (C=O) groups is 1. The molecule has 0 aliphatic carbocycles. The Kier molecular flexibility index (Phi) is 3.47. The van der Waals surface area contributed by atoms with Crippen molar-refractivity contribution >= 4 is 5.78 Å². The van der Waals surface area contributed by atoms with E-state index in [4.69, 9.17) is 0 Å². The summed E-state index contributed by atoms with van der Waals surface area (Å²) >= 11 is 0. The summed E-state index contributed by atoms with van der Waals surface area (Å²) in [5.74, 6) is 5.52. The van der Waals surface area contributed by atoms with Crippen LogP contribution < -0.4 is 0 Å². The molecule has 1 rings (SSSR count). The van der Waals surface area contributed by atoms with E-state index in [1.807, 2.05) is 19.9 Å². The van der Waals surface area contributed by atoms with Gasteiger partial charge in [0.25, 0.3) is 0 Å². The van der Waals surface area contributed by atoms with Crippen LogP contribution in [0.15, 0.2) is 6.07 Å². The van der Waals surface area contributed by atoms with Gasteiger partial charge in [0.05, 0.1) is 12.1 Å². The lowest BCUT2D eigenvalue weighted by molar-refractivity contribution is 0.0988. The summed E-state index contributed by atoms with van der Waals surface area (Å²) in [6, 6.07) is 1.81. The van der Waals surface area contributed by atoms with Gasteiger partial charge in [0, 0.05) is 6.54 Å². The third kappa shape index (κ3) is 2.23. The van der Waals surface area contributed by atoms with Crippen LogP contribution in [0.1, 0.15) is 36.5 Å². The maximum atomic E-state index is 11.6. The van der Waals surface area contributed by atoms with Crippen molar-refractivity contribution in [1.29, 1.82) is 0 Å². The standard InChI is InChI=1S/C11H14N2O/c1-4-6-7-11(14)10-8-9(3)12-13(10)5-2/h8H,5,7H2,1-3H3. The number of Topliss-reactive ketones (excluding diaryl/α,β-unsaturated/α-hetero) is 1. The van der Waals surface area contributed by atoms with Gasteiger partial charge in [-0.25, -0.2) is 0 Å². The van der Waals surface area contributed by atoms with Crippen molar-refractivity contribution < 1.29 is 4.79 Å². The minimum atomic E-state index is 0.0433. The third-order valence-corrected chi connectivity index (χ3v) is 1.91. The summed E-state index contributed by atoms with van der Waals surface area (Å²) in [5.41, 5.74) is 1.53. The molecular formula is C11H14N2O. The molecule has 1 aromatic rings. The van der Waals surface area contributed by atoms with Crippen LogP contribution in [-0.4, -0.2) is 15.6 Å². The summed E-state index contributed by atoms with van der Waals surface area (Å²) in [6.45, 7) is 6.30. The number of hydrogen-bond donors (Lipinski definition) is 0. The first-order chi connectivity index (χ1) is 6.69. The molecular weight excluding hydrogens is 176 g/mol. The van der Waals surface area contributed by atoms with Crippen LogP contribution in [0.5, 0.6) is 0 Å². The predicted molar refractivity (Wildman–Crippen MR) is 55.0 cm³/mol. The molecule has 0 atom stereocenters. The van der Waals surface area contributed by atoms with Crippen LogP contribution in [0.3, 0.4) is 0 Å². The number of ketones is 1. The van der Waals surface area contributed by atoms with E-state index in [9.17, 15) is 4.79 Å². The highest BCUT2D eigenvalue weighted by molar-refractivity contribution is 5.96. The summed E-state index contributed by atoms with van der Waals surface area (Å²) in [4.78, 5) is 11.6. The van der Waals surface area contributed by atoms with Gasteiger partial charge in [-0.2, -0.15) is 5.10 Å². The van der Waals surface area contributed by atoms with Gasteiger partial charge in [0.15, 0.2) is 5.78 Å². The number of aryl methyl sites for hydroxylation is 2. The molecule has 0 aromatic carbocycles. The van der Waals surface area contributed by atoms with Crippen LogP contribution in [-0.2, 0) is 6.54 Å². The Morgan fingerprint density at radius 3 is 2.93 bits per heavy atom. The number of nitrogens with zero attached hydrogens (tertiary/aromatic N) is 2. The lowest BCUT2D eigenvalue weighted by Crippen LogP contribution is -2.08. The monoisotopic (exact) mass is 190 g/mol. The average Bonchev–Trinajstić information content (AvgIpc) is 2.56. The molecule has 0 bridgehead atoms. The van der Waals surface area contributed by atoms with E-state index in [2.05, 4.69) is 16.9 Å². The zero-order valence-corrected chi connectivity index (χ0v) is 8.79. The number of aromatic nitrogens is 2. The third-order valence-electron chi connectivity index (χ3n) is 1.91. The van der Waals surface area contributed by atoms with E-state index in [1.54, 1.807) is 11.6 Å². The summed E-state index contributed by atoms with van der Waals surface area (Å²) < 4.78 is 1.72. The molecule has 0 spiro atoms. The van der Waals surface area contributed by atoms with Gasteiger partial charge in [-0.3, -0.25) is 9.48 Å². The molecule has 0 aliphatic heterocycles. The Balaban J connectivity index is 2.91. The van der Waals surface area contributed by atoms with Crippen LogP contribution in [0.2, 0.25) is 0 Å². The van der Waals surface area contributed by atoms with E-state index >= 15 is 0 Å². The molecule has 0 radical (unpaired) electrons. The van der Waals surface area contributed by atoms with Gasteiger partial charge >= 0.3 is 0 Å². The molecule has 3 nitrogen and oxygen atoms in total. The fraction of sp³-hybridized carbons (Fsp3) is 0.455.